The van der Waals surface area contributed by atoms with E-state index in [0.29, 0.717) is 17.1 Å². The fraction of sp³-hybridized carbons (Fsp3) is 0.208. The highest BCUT2D eigenvalue weighted by Gasteiger charge is 2.31. The van der Waals surface area contributed by atoms with Gasteiger partial charge in [0.15, 0.2) is 11.5 Å². The highest BCUT2D eigenvalue weighted by atomic mass is 32.2. The van der Waals surface area contributed by atoms with Crippen LogP contribution in [0.1, 0.15) is 21.3 Å². The van der Waals surface area contributed by atoms with Crippen LogP contribution in [0, 0.1) is 0 Å². The van der Waals surface area contributed by atoms with Crippen LogP contribution in [0.2, 0.25) is 0 Å². The number of methoxy groups -OCH3 is 2. The summed E-state index contributed by atoms with van der Waals surface area (Å²) in [6, 6.07) is 23.9. The molecule has 1 amide bonds. The minimum Gasteiger partial charge on any atom is -0.493 e. The summed E-state index contributed by atoms with van der Waals surface area (Å²) in [7, 11) is 3.25. The molecular formula is C24H23NO3S. The van der Waals surface area contributed by atoms with Gasteiger partial charge in [-0.2, -0.15) is 0 Å². The van der Waals surface area contributed by atoms with E-state index in [-0.39, 0.29) is 11.3 Å². The van der Waals surface area contributed by atoms with E-state index >= 15 is 0 Å². The van der Waals surface area contributed by atoms with Crippen molar-refractivity contribution < 1.29 is 14.3 Å². The van der Waals surface area contributed by atoms with E-state index in [9.17, 15) is 4.79 Å². The molecule has 3 aromatic carbocycles. The Balaban J connectivity index is 1.56. The zero-order chi connectivity index (χ0) is 20.2. The fourth-order valence-corrected chi connectivity index (χ4v) is 4.81. The van der Waals surface area contributed by atoms with Crippen molar-refractivity contribution in [1.82, 2.24) is 4.90 Å². The molecule has 0 saturated carbocycles. The second-order valence-corrected chi connectivity index (χ2v) is 7.97. The van der Waals surface area contributed by atoms with Crippen LogP contribution >= 0.6 is 11.8 Å². The molecule has 0 radical (unpaired) electrons. The first-order valence-corrected chi connectivity index (χ1v) is 10.6. The van der Waals surface area contributed by atoms with Crippen LogP contribution in [0.4, 0.5) is 0 Å². The number of carbonyl (C=O) groups is 1. The van der Waals surface area contributed by atoms with Crippen LogP contribution in [0.15, 0.2) is 72.8 Å². The van der Waals surface area contributed by atoms with Gasteiger partial charge in [0.05, 0.1) is 14.2 Å². The van der Waals surface area contributed by atoms with Gasteiger partial charge in [0.2, 0.25) is 0 Å². The molecule has 1 atom stereocenters. The molecule has 29 heavy (non-hydrogen) atoms. The number of amides is 1. The molecular weight excluding hydrogens is 382 g/mol. The number of ether oxygens (including phenoxy) is 2. The maximum absolute atomic E-state index is 13.2. The van der Waals surface area contributed by atoms with Crippen molar-refractivity contribution in [2.24, 2.45) is 0 Å². The minimum absolute atomic E-state index is 0.0314. The zero-order valence-electron chi connectivity index (χ0n) is 16.5. The molecule has 0 bridgehead atoms. The van der Waals surface area contributed by atoms with E-state index in [1.54, 1.807) is 26.0 Å². The number of hydrogen-bond acceptors (Lipinski definition) is 4. The number of benzene rings is 3. The Hall–Kier alpha value is -2.92. The first-order chi connectivity index (χ1) is 14.2. The average Bonchev–Trinajstić information content (AvgIpc) is 3.28. The maximum atomic E-state index is 13.2. The molecule has 0 aliphatic carbocycles. The normalized spacial score (nSPS) is 15.9. The Labute approximate surface area is 175 Å². The van der Waals surface area contributed by atoms with Gasteiger partial charge in [-0.15, -0.1) is 11.8 Å². The number of thioether (sulfide) groups is 1. The predicted octanol–water partition coefficient (Wildman–Crippen LogP) is 5.26. The molecule has 3 aromatic rings. The molecule has 0 aromatic heterocycles. The van der Waals surface area contributed by atoms with Crippen LogP contribution in [0.3, 0.4) is 0 Å². The Kier molecular flexibility index (Phi) is 5.76. The van der Waals surface area contributed by atoms with Crippen LogP contribution in [0.5, 0.6) is 11.5 Å². The van der Waals surface area contributed by atoms with Gasteiger partial charge >= 0.3 is 0 Å². The molecule has 5 heteroatoms. The Bertz CT molecular complexity index is 989. The molecule has 0 N–H and O–H groups in total. The molecule has 1 aliphatic rings. The lowest BCUT2D eigenvalue weighted by Gasteiger charge is -2.25. The SMILES string of the molecule is COc1ccc(C2SCCN2C(=O)c2ccc(-c3ccccc3)cc2)cc1OC. The van der Waals surface area contributed by atoms with Crippen molar-refractivity contribution in [3.63, 3.8) is 0 Å². The Morgan fingerprint density at radius 1 is 0.897 bits per heavy atom. The third kappa shape index (κ3) is 3.96. The van der Waals surface area contributed by atoms with Gasteiger partial charge in [0.25, 0.3) is 5.91 Å². The molecule has 148 valence electrons. The van der Waals surface area contributed by atoms with Crippen molar-refractivity contribution in [1.29, 1.82) is 0 Å². The highest BCUT2D eigenvalue weighted by Crippen LogP contribution is 2.41. The van der Waals surface area contributed by atoms with E-state index in [1.807, 2.05) is 65.6 Å². The summed E-state index contributed by atoms with van der Waals surface area (Å²) in [4.78, 5) is 15.1. The third-order valence-electron chi connectivity index (χ3n) is 5.08. The van der Waals surface area contributed by atoms with Crippen LogP contribution in [0.25, 0.3) is 11.1 Å². The van der Waals surface area contributed by atoms with Crippen molar-refractivity contribution in [2.45, 2.75) is 5.37 Å². The summed E-state index contributed by atoms with van der Waals surface area (Å²) in [5, 5.41) is -0.0314. The summed E-state index contributed by atoms with van der Waals surface area (Å²) < 4.78 is 10.8. The van der Waals surface area contributed by atoms with Crippen molar-refractivity contribution in [2.75, 3.05) is 26.5 Å². The first kappa shape index (κ1) is 19.4. The van der Waals surface area contributed by atoms with Gasteiger partial charge in [-0.05, 0) is 41.0 Å². The lowest BCUT2D eigenvalue weighted by molar-refractivity contribution is 0.0760. The van der Waals surface area contributed by atoms with Gasteiger partial charge in [-0.1, -0.05) is 48.5 Å². The van der Waals surface area contributed by atoms with E-state index in [0.717, 1.165) is 29.0 Å². The smallest absolute Gasteiger partial charge is 0.255 e. The van der Waals surface area contributed by atoms with E-state index in [4.69, 9.17) is 9.47 Å². The molecule has 1 aliphatic heterocycles. The summed E-state index contributed by atoms with van der Waals surface area (Å²) in [6.07, 6.45) is 0. The minimum atomic E-state index is -0.0314. The van der Waals surface area contributed by atoms with E-state index < -0.39 is 0 Å². The molecule has 4 nitrogen and oxygen atoms in total. The number of nitrogens with zero attached hydrogens (tertiary/aromatic N) is 1. The van der Waals surface area contributed by atoms with Gasteiger partial charge in [0.1, 0.15) is 5.37 Å². The molecule has 1 fully saturated rings. The largest absolute Gasteiger partial charge is 0.493 e. The number of carbonyl (C=O) groups excluding carboxylic acids is 1. The van der Waals surface area contributed by atoms with Crippen molar-refractivity contribution in [3.8, 4) is 22.6 Å². The topological polar surface area (TPSA) is 38.8 Å². The zero-order valence-corrected chi connectivity index (χ0v) is 17.3. The fourth-order valence-electron chi connectivity index (χ4n) is 3.56. The molecule has 4 rings (SSSR count). The van der Waals surface area contributed by atoms with Crippen molar-refractivity contribution >= 4 is 17.7 Å². The second-order valence-electron chi connectivity index (χ2n) is 6.78. The number of rotatable bonds is 5. The molecule has 0 spiro atoms. The van der Waals surface area contributed by atoms with Crippen LogP contribution < -0.4 is 9.47 Å². The van der Waals surface area contributed by atoms with Crippen LogP contribution in [-0.4, -0.2) is 37.3 Å². The third-order valence-corrected chi connectivity index (χ3v) is 6.34. The van der Waals surface area contributed by atoms with E-state index in [2.05, 4.69) is 12.1 Å². The monoisotopic (exact) mass is 405 g/mol. The quantitative estimate of drug-likeness (QED) is 0.580. The molecule has 1 saturated heterocycles. The lowest BCUT2D eigenvalue weighted by atomic mass is 10.0. The maximum Gasteiger partial charge on any atom is 0.255 e. The summed E-state index contributed by atoms with van der Waals surface area (Å²) in [6.45, 7) is 0.725. The van der Waals surface area contributed by atoms with Gasteiger partial charge in [-0.3, -0.25) is 4.79 Å². The van der Waals surface area contributed by atoms with Gasteiger partial charge in [0, 0.05) is 17.9 Å². The molecule has 1 heterocycles. The van der Waals surface area contributed by atoms with Gasteiger partial charge in [-0.25, -0.2) is 0 Å². The van der Waals surface area contributed by atoms with Crippen molar-refractivity contribution in [3.05, 3.63) is 83.9 Å². The van der Waals surface area contributed by atoms with Crippen LogP contribution in [-0.2, 0) is 0 Å². The van der Waals surface area contributed by atoms with E-state index in [1.165, 1.54) is 0 Å². The standard InChI is InChI=1S/C24H23NO3S/c1-27-21-13-12-20(16-22(21)28-2)24-25(14-15-29-24)23(26)19-10-8-18(9-11-19)17-6-4-3-5-7-17/h3-13,16,24H,14-15H2,1-2H3. The van der Waals surface area contributed by atoms with Gasteiger partial charge < -0.3 is 14.4 Å². The Morgan fingerprint density at radius 2 is 1.59 bits per heavy atom. The average molecular weight is 406 g/mol. The second kappa shape index (κ2) is 8.62. The Morgan fingerprint density at radius 3 is 2.28 bits per heavy atom. The lowest BCUT2D eigenvalue weighted by Crippen LogP contribution is -2.30. The highest BCUT2D eigenvalue weighted by molar-refractivity contribution is 7.99. The summed E-state index contributed by atoms with van der Waals surface area (Å²) >= 11 is 1.77. The predicted molar refractivity (Wildman–Crippen MR) is 118 cm³/mol. The first-order valence-electron chi connectivity index (χ1n) is 9.51. The summed E-state index contributed by atoms with van der Waals surface area (Å²) in [5.41, 5.74) is 4.00. The molecule has 1 unspecified atom stereocenters. The summed E-state index contributed by atoms with van der Waals surface area (Å²) in [5.74, 6) is 2.33. The number of hydrogen-bond donors (Lipinski definition) is 0.